The lowest BCUT2D eigenvalue weighted by Crippen LogP contribution is -2.18. The predicted octanol–water partition coefficient (Wildman–Crippen LogP) is 3.07. The number of nitrogens with one attached hydrogen (secondary N) is 2. The number of amides is 2. The summed E-state index contributed by atoms with van der Waals surface area (Å²) in [7, 11) is 0. The van der Waals surface area contributed by atoms with E-state index >= 15 is 0 Å². The van der Waals surface area contributed by atoms with E-state index in [0.717, 1.165) is 0 Å². The van der Waals surface area contributed by atoms with Gasteiger partial charge in [0, 0.05) is 23.4 Å². The highest BCUT2D eigenvalue weighted by Crippen LogP contribution is 2.38. The molecule has 0 bridgehead atoms. The van der Waals surface area contributed by atoms with Gasteiger partial charge in [-0.3, -0.25) is 9.59 Å². The normalized spacial score (nSPS) is 11.4. The Hall–Kier alpha value is -2.23. The number of fused-ring (bicyclic) bond motifs is 1. The van der Waals surface area contributed by atoms with Crippen molar-refractivity contribution in [3.63, 3.8) is 0 Å². The SMILES string of the molecule is CC(C)C(=O)Nc1nc(CC(=O)Nc2cc3c(cc2N)OCO3)cs1.Cl.Cl. The maximum absolute atomic E-state index is 12.2. The van der Waals surface area contributed by atoms with Gasteiger partial charge in [0.15, 0.2) is 16.6 Å². The van der Waals surface area contributed by atoms with Crippen LogP contribution in [0.2, 0.25) is 0 Å². The van der Waals surface area contributed by atoms with E-state index < -0.39 is 0 Å². The topological polar surface area (TPSA) is 116 Å². The van der Waals surface area contributed by atoms with Crippen molar-refractivity contribution in [1.82, 2.24) is 4.98 Å². The Morgan fingerprint density at radius 2 is 1.89 bits per heavy atom. The van der Waals surface area contributed by atoms with Crippen molar-refractivity contribution in [2.45, 2.75) is 20.3 Å². The number of ether oxygens (including phenoxy) is 2. The van der Waals surface area contributed by atoms with Crippen molar-refractivity contribution in [3.8, 4) is 11.5 Å². The van der Waals surface area contributed by atoms with E-state index in [0.29, 0.717) is 33.7 Å². The first-order chi connectivity index (χ1) is 11.9. The van der Waals surface area contributed by atoms with Crippen LogP contribution in [0.25, 0.3) is 0 Å². The number of nitrogens with zero attached hydrogens (tertiary/aromatic N) is 1. The summed E-state index contributed by atoms with van der Waals surface area (Å²) in [5.74, 6) is 0.582. The number of aromatic nitrogens is 1. The summed E-state index contributed by atoms with van der Waals surface area (Å²) >= 11 is 1.28. The van der Waals surface area contributed by atoms with Crippen molar-refractivity contribution in [2.24, 2.45) is 5.92 Å². The van der Waals surface area contributed by atoms with E-state index in [9.17, 15) is 9.59 Å². The first kappa shape index (κ1) is 22.8. The van der Waals surface area contributed by atoms with E-state index in [2.05, 4.69) is 15.6 Å². The molecular weight excluding hydrogens is 415 g/mol. The van der Waals surface area contributed by atoms with Crippen LogP contribution in [0.4, 0.5) is 16.5 Å². The first-order valence-corrected chi connectivity index (χ1v) is 8.54. The summed E-state index contributed by atoms with van der Waals surface area (Å²) in [5, 5.41) is 7.65. The third kappa shape index (κ3) is 5.62. The Labute approximate surface area is 172 Å². The van der Waals surface area contributed by atoms with Gasteiger partial charge in [-0.25, -0.2) is 4.98 Å². The average Bonchev–Trinajstić information content (AvgIpc) is 3.16. The molecule has 2 aromatic rings. The molecule has 0 spiro atoms. The molecule has 0 atom stereocenters. The molecule has 2 amide bonds. The molecule has 0 saturated carbocycles. The highest BCUT2D eigenvalue weighted by atomic mass is 35.5. The van der Waals surface area contributed by atoms with Crippen molar-refractivity contribution in [3.05, 3.63) is 23.2 Å². The molecule has 3 rings (SSSR count). The molecule has 1 aromatic heterocycles. The number of hydrogen-bond acceptors (Lipinski definition) is 7. The largest absolute Gasteiger partial charge is 0.454 e. The van der Waals surface area contributed by atoms with Crippen LogP contribution in [0, 0.1) is 5.92 Å². The minimum atomic E-state index is -0.266. The quantitative estimate of drug-likeness (QED) is 0.622. The average molecular weight is 435 g/mol. The third-order valence-corrected chi connectivity index (χ3v) is 4.27. The lowest BCUT2D eigenvalue weighted by atomic mass is 10.2. The molecule has 4 N–H and O–H groups in total. The number of hydrogen-bond donors (Lipinski definition) is 3. The molecule has 0 aliphatic carbocycles. The molecule has 8 nitrogen and oxygen atoms in total. The summed E-state index contributed by atoms with van der Waals surface area (Å²) < 4.78 is 10.5. The lowest BCUT2D eigenvalue weighted by Gasteiger charge is -2.08. The highest BCUT2D eigenvalue weighted by Gasteiger charge is 2.18. The number of nitrogen functional groups attached to an aromatic ring is 1. The number of rotatable bonds is 5. The highest BCUT2D eigenvalue weighted by molar-refractivity contribution is 7.13. The molecule has 148 valence electrons. The molecule has 11 heteroatoms. The minimum Gasteiger partial charge on any atom is -0.454 e. The van der Waals surface area contributed by atoms with Crippen LogP contribution < -0.4 is 25.8 Å². The smallest absolute Gasteiger partial charge is 0.231 e. The maximum atomic E-state index is 12.2. The number of nitrogens with two attached hydrogens (primary N) is 1. The monoisotopic (exact) mass is 434 g/mol. The predicted molar refractivity (Wildman–Crippen MR) is 109 cm³/mol. The Balaban J connectivity index is 0.00000182. The summed E-state index contributed by atoms with van der Waals surface area (Å²) in [4.78, 5) is 28.1. The van der Waals surface area contributed by atoms with E-state index in [1.807, 2.05) is 0 Å². The maximum Gasteiger partial charge on any atom is 0.231 e. The van der Waals surface area contributed by atoms with E-state index in [4.69, 9.17) is 15.2 Å². The Morgan fingerprint density at radius 1 is 1.22 bits per heavy atom. The molecule has 1 aliphatic rings. The molecule has 0 radical (unpaired) electrons. The molecule has 0 unspecified atom stereocenters. The number of halogens is 2. The van der Waals surface area contributed by atoms with Gasteiger partial charge < -0.3 is 25.8 Å². The fourth-order valence-corrected chi connectivity index (χ4v) is 2.83. The van der Waals surface area contributed by atoms with Crippen molar-refractivity contribution in [2.75, 3.05) is 23.2 Å². The molecule has 2 heterocycles. The van der Waals surface area contributed by atoms with Gasteiger partial charge in [-0.2, -0.15) is 0 Å². The van der Waals surface area contributed by atoms with Crippen LogP contribution in [0.5, 0.6) is 11.5 Å². The second-order valence-corrected chi connectivity index (χ2v) is 6.66. The number of thiazole rings is 1. The van der Waals surface area contributed by atoms with E-state index in [1.54, 1.807) is 31.4 Å². The zero-order valence-electron chi connectivity index (χ0n) is 14.6. The molecule has 0 saturated heterocycles. The van der Waals surface area contributed by atoms with Crippen LogP contribution in [0.15, 0.2) is 17.5 Å². The Kier molecular flexibility index (Phi) is 8.14. The molecule has 1 aromatic carbocycles. The van der Waals surface area contributed by atoms with E-state index in [1.165, 1.54) is 11.3 Å². The molecule has 1 aliphatic heterocycles. The molecule has 0 fully saturated rings. The van der Waals surface area contributed by atoms with Gasteiger partial charge in [-0.05, 0) is 0 Å². The van der Waals surface area contributed by atoms with Crippen LogP contribution in [0.1, 0.15) is 19.5 Å². The number of benzene rings is 1. The van der Waals surface area contributed by atoms with Crippen LogP contribution in [-0.2, 0) is 16.0 Å². The fraction of sp³-hybridized carbons (Fsp3) is 0.312. The van der Waals surface area contributed by atoms with Crippen LogP contribution in [0.3, 0.4) is 0 Å². The second kappa shape index (κ2) is 9.63. The summed E-state index contributed by atoms with van der Waals surface area (Å²) in [6.07, 6.45) is 0.0714. The molecule has 27 heavy (non-hydrogen) atoms. The van der Waals surface area contributed by atoms with E-state index in [-0.39, 0.29) is 55.8 Å². The lowest BCUT2D eigenvalue weighted by molar-refractivity contribution is -0.119. The minimum absolute atomic E-state index is 0. The van der Waals surface area contributed by atoms with Crippen molar-refractivity contribution < 1.29 is 19.1 Å². The fourth-order valence-electron chi connectivity index (χ4n) is 2.12. The zero-order chi connectivity index (χ0) is 18.0. The van der Waals surface area contributed by atoms with Gasteiger partial charge in [-0.1, -0.05) is 13.8 Å². The Morgan fingerprint density at radius 3 is 2.56 bits per heavy atom. The van der Waals surface area contributed by atoms with Gasteiger partial charge >= 0.3 is 0 Å². The number of carbonyl (C=O) groups excluding carboxylic acids is 2. The second-order valence-electron chi connectivity index (χ2n) is 5.81. The third-order valence-electron chi connectivity index (χ3n) is 3.47. The van der Waals surface area contributed by atoms with Crippen molar-refractivity contribution >= 4 is 64.5 Å². The Bertz CT molecular complexity index is 829. The number of carbonyl (C=O) groups is 2. The number of anilines is 3. The summed E-state index contributed by atoms with van der Waals surface area (Å²) in [6.45, 7) is 3.73. The molecular formula is C16H20Cl2N4O4S. The van der Waals surface area contributed by atoms with Crippen LogP contribution in [-0.4, -0.2) is 23.6 Å². The van der Waals surface area contributed by atoms with Gasteiger partial charge in [0.05, 0.1) is 23.5 Å². The standard InChI is InChI=1S/C16H18N4O4S.2ClH/c1-8(2)15(22)20-16-18-9(6-25-16)3-14(21)19-11-5-13-12(4-10(11)17)23-7-24-13;;/h4-6,8H,3,7,17H2,1-2H3,(H,19,21)(H,18,20,22);2*1H. The van der Waals surface area contributed by atoms with Crippen molar-refractivity contribution in [1.29, 1.82) is 0 Å². The van der Waals surface area contributed by atoms with Crippen LogP contribution >= 0.6 is 36.2 Å². The van der Waals surface area contributed by atoms with Gasteiger partial charge in [-0.15, -0.1) is 36.2 Å². The van der Waals surface area contributed by atoms with Gasteiger partial charge in [0.1, 0.15) is 0 Å². The summed E-state index contributed by atoms with van der Waals surface area (Å²) in [6, 6.07) is 3.24. The first-order valence-electron chi connectivity index (χ1n) is 7.66. The zero-order valence-corrected chi connectivity index (χ0v) is 17.1. The van der Waals surface area contributed by atoms with Gasteiger partial charge in [0.25, 0.3) is 0 Å². The van der Waals surface area contributed by atoms with Gasteiger partial charge in [0.2, 0.25) is 18.6 Å². The summed E-state index contributed by atoms with van der Waals surface area (Å²) in [5.41, 5.74) is 7.33.